The molecule has 0 amide bonds. The lowest BCUT2D eigenvalue weighted by Crippen LogP contribution is -2.44. The summed E-state index contributed by atoms with van der Waals surface area (Å²) < 4.78 is 0. The molecule has 1 fully saturated rings. The van der Waals surface area contributed by atoms with Crippen molar-refractivity contribution in [2.24, 2.45) is 4.99 Å². The number of hydrogen-bond donors (Lipinski definition) is 3. The van der Waals surface area contributed by atoms with Gasteiger partial charge >= 0.3 is 0 Å². The molecule has 1 unspecified atom stereocenters. The SMILES string of the molecule is CN=C(NCc1ncc(-c2ccccc2)[nH]1)NC1CCN(c2ccc(C)cc2)C1.I. The molecule has 4 rings (SSSR count). The van der Waals surface area contributed by atoms with Gasteiger partial charge in [0.2, 0.25) is 0 Å². The van der Waals surface area contributed by atoms with E-state index in [1.807, 2.05) is 24.4 Å². The average Bonchev–Trinajstić information content (AvgIpc) is 3.42. The molecule has 1 aliphatic heterocycles. The van der Waals surface area contributed by atoms with Gasteiger partial charge in [0.15, 0.2) is 5.96 Å². The molecular formula is C23H29IN6. The summed E-state index contributed by atoms with van der Waals surface area (Å²) in [5.41, 5.74) is 4.73. The Morgan fingerprint density at radius 3 is 2.67 bits per heavy atom. The van der Waals surface area contributed by atoms with Crippen molar-refractivity contribution in [2.75, 3.05) is 25.0 Å². The number of halogens is 1. The third-order valence-corrected chi connectivity index (χ3v) is 5.29. The number of aromatic amines is 1. The van der Waals surface area contributed by atoms with Crippen LogP contribution in [0.2, 0.25) is 0 Å². The Bertz CT molecular complexity index is 951. The van der Waals surface area contributed by atoms with Crippen LogP contribution < -0.4 is 15.5 Å². The molecular weight excluding hydrogens is 487 g/mol. The molecule has 1 saturated heterocycles. The first-order chi connectivity index (χ1) is 14.2. The Labute approximate surface area is 195 Å². The zero-order chi connectivity index (χ0) is 20.1. The molecule has 0 saturated carbocycles. The first-order valence-electron chi connectivity index (χ1n) is 10.1. The van der Waals surface area contributed by atoms with Crippen LogP contribution in [-0.4, -0.2) is 42.1 Å². The fraction of sp³-hybridized carbons (Fsp3) is 0.304. The van der Waals surface area contributed by atoms with Crippen LogP contribution in [-0.2, 0) is 6.54 Å². The maximum atomic E-state index is 4.48. The summed E-state index contributed by atoms with van der Waals surface area (Å²) in [5.74, 6) is 1.69. The number of nitrogens with zero attached hydrogens (tertiary/aromatic N) is 3. The second-order valence-electron chi connectivity index (χ2n) is 7.45. The van der Waals surface area contributed by atoms with Crippen LogP contribution in [0.4, 0.5) is 5.69 Å². The molecule has 1 aliphatic rings. The van der Waals surface area contributed by atoms with E-state index in [1.165, 1.54) is 11.3 Å². The molecule has 158 valence electrons. The van der Waals surface area contributed by atoms with Gasteiger partial charge in [-0.2, -0.15) is 0 Å². The van der Waals surface area contributed by atoms with Gasteiger partial charge in [-0.3, -0.25) is 4.99 Å². The number of rotatable bonds is 5. The summed E-state index contributed by atoms with van der Waals surface area (Å²) in [7, 11) is 1.81. The number of nitrogens with one attached hydrogen (secondary N) is 3. The van der Waals surface area contributed by atoms with Gasteiger partial charge in [0, 0.05) is 31.9 Å². The molecule has 30 heavy (non-hydrogen) atoms. The quantitative estimate of drug-likeness (QED) is 0.273. The van der Waals surface area contributed by atoms with Crippen LogP contribution in [0.3, 0.4) is 0 Å². The van der Waals surface area contributed by atoms with E-state index in [4.69, 9.17) is 0 Å². The zero-order valence-corrected chi connectivity index (χ0v) is 19.8. The lowest BCUT2D eigenvalue weighted by atomic mass is 10.2. The molecule has 2 heterocycles. The van der Waals surface area contributed by atoms with Crippen LogP contribution >= 0.6 is 24.0 Å². The summed E-state index contributed by atoms with van der Waals surface area (Å²) >= 11 is 0. The Kier molecular flexibility index (Phi) is 7.73. The highest BCUT2D eigenvalue weighted by Crippen LogP contribution is 2.21. The van der Waals surface area contributed by atoms with Crippen LogP contribution in [0, 0.1) is 6.92 Å². The average molecular weight is 516 g/mol. The highest BCUT2D eigenvalue weighted by molar-refractivity contribution is 14.0. The van der Waals surface area contributed by atoms with E-state index < -0.39 is 0 Å². The largest absolute Gasteiger partial charge is 0.369 e. The molecule has 1 aromatic heterocycles. The van der Waals surface area contributed by atoms with Crippen molar-refractivity contribution in [1.82, 2.24) is 20.6 Å². The second-order valence-corrected chi connectivity index (χ2v) is 7.45. The van der Waals surface area contributed by atoms with Crippen molar-refractivity contribution in [3.8, 4) is 11.3 Å². The molecule has 3 aromatic rings. The number of benzene rings is 2. The van der Waals surface area contributed by atoms with Gasteiger partial charge in [-0.15, -0.1) is 24.0 Å². The monoisotopic (exact) mass is 516 g/mol. The van der Waals surface area contributed by atoms with Crippen molar-refractivity contribution in [3.63, 3.8) is 0 Å². The van der Waals surface area contributed by atoms with Crippen LogP contribution in [0.1, 0.15) is 17.8 Å². The maximum Gasteiger partial charge on any atom is 0.191 e. The molecule has 6 nitrogen and oxygen atoms in total. The van der Waals surface area contributed by atoms with Gasteiger partial charge in [0.25, 0.3) is 0 Å². The summed E-state index contributed by atoms with van der Waals surface area (Å²) in [6.07, 6.45) is 2.96. The van der Waals surface area contributed by atoms with Gasteiger partial charge in [-0.1, -0.05) is 48.0 Å². The van der Waals surface area contributed by atoms with Crippen molar-refractivity contribution in [2.45, 2.75) is 25.9 Å². The summed E-state index contributed by atoms with van der Waals surface area (Å²) in [5, 5.41) is 6.91. The summed E-state index contributed by atoms with van der Waals surface area (Å²) in [6.45, 7) is 4.75. The van der Waals surface area contributed by atoms with Crippen molar-refractivity contribution in [3.05, 3.63) is 72.2 Å². The minimum absolute atomic E-state index is 0. The molecule has 2 aromatic carbocycles. The van der Waals surface area contributed by atoms with E-state index >= 15 is 0 Å². The Hall–Kier alpha value is -2.55. The first kappa shape index (κ1) is 22.1. The fourth-order valence-electron chi connectivity index (χ4n) is 3.64. The number of hydrogen-bond acceptors (Lipinski definition) is 3. The van der Waals surface area contributed by atoms with E-state index in [1.54, 1.807) is 7.05 Å². The lowest BCUT2D eigenvalue weighted by Gasteiger charge is -2.20. The van der Waals surface area contributed by atoms with E-state index in [0.29, 0.717) is 12.6 Å². The van der Waals surface area contributed by atoms with Crippen LogP contribution in [0.15, 0.2) is 65.8 Å². The topological polar surface area (TPSA) is 68.3 Å². The zero-order valence-electron chi connectivity index (χ0n) is 17.4. The smallest absolute Gasteiger partial charge is 0.191 e. The highest BCUT2D eigenvalue weighted by Gasteiger charge is 2.23. The summed E-state index contributed by atoms with van der Waals surface area (Å²) in [6, 6.07) is 19.3. The molecule has 7 heteroatoms. The standard InChI is InChI=1S/C23H28N6.HI/c1-17-8-10-20(11-9-17)29-13-12-19(16-29)27-23(24-2)26-15-22-25-14-21(28-22)18-6-4-3-5-7-18;/h3-11,14,19H,12-13,15-16H2,1-2H3,(H,25,28)(H2,24,26,27);1H. The number of H-pyrrole nitrogens is 1. The molecule has 0 bridgehead atoms. The minimum atomic E-state index is 0. The number of guanidine groups is 1. The van der Waals surface area contributed by atoms with E-state index in [2.05, 4.69) is 73.8 Å². The number of anilines is 1. The molecule has 0 aliphatic carbocycles. The number of aromatic nitrogens is 2. The Morgan fingerprint density at radius 2 is 1.93 bits per heavy atom. The van der Waals surface area contributed by atoms with E-state index in [-0.39, 0.29) is 24.0 Å². The van der Waals surface area contributed by atoms with E-state index in [9.17, 15) is 0 Å². The van der Waals surface area contributed by atoms with Gasteiger partial charge in [0.1, 0.15) is 5.82 Å². The molecule has 0 spiro atoms. The number of aliphatic imine (C=N–C) groups is 1. The number of imidazole rings is 1. The molecule has 0 radical (unpaired) electrons. The predicted molar refractivity (Wildman–Crippen MR) is 135 cm³/mol. The second kappa shape index (κ2) is 10.5. The third-order valence-electron chi connectivity index (χ3n) is 5.29. The fourth-order valence-corrected chi connectivity index (χ4v) is 3.64. The first-order valence-corrected chi connectivity index (χ1v) is 10.1. The third kappa shape index (κ3) is 5.53. The van der Waals surface area contributed by atoms with E-state index in [0.717, 1.165) is 42.6 Å². The Morgan fingerprint density at radius 1 is 1.17 bits per heavy atom. The van der Waals surface area contributed by atoms with Gasteiger partial charge in [0.05, 0.1) is 18.4 Å². The summed E-state index contributed by atoms with van der Waals surface area (Å²) in [4.78, 5) is 14.6. The number of aryl methyl sites for hydroxylation is 1. The molecule has 3 N–H and O–H groups in total. The van der Waals surface area contributed by atoms with Gasteiger partial charge in [-0.05, 0) is 31.0 Å². The maximum absolute atomic E-state index is 4.48. The van der Waals surface area contributed by atoms with Crippen molar-refractivity contribution >= 4 is 35.6 Å². The minimum Gasteiger partial charge on any atom is -0.369 e. The van der Waals surface area contributed by atoms with Gasteiger partial charge in [-0.25, -0.2) is 4.98 Å². The van der Waals surface area contributed by atoms with Crippen LogP contribution in [0.5, 0.6) is 0 Å². The predicted octanol–water partition coefficient (Wildman–Crippen LogP) is 3.95. The van der Waals surface area contributed by atoms with Crippen molar-refractivity contribution in [1.29, 1.82) is 0 Å². The highest BCUT2D eigenvalue weighted by atomic mass is 127. The Balaban J connectivity index is 0.00000256. The van der Waals surface area contributed by atoms with Gasteiger partial charge < -0.3 is 20.5 Å². The normalized spacial score (nSPS) is 16.3. The lowest BCUT2D eigenvalue weighted by molar-refractivity contribution is 0.646. The molecule has 1 atom stereocenters. The van der Waals surface area contributed by atoms with Crippen molar-refractivity contribution < 1.29 is 0 Å². The van der Waals surface area contributed by atoms with Crippen LogP contribution in [0.25, 0.3) is 11.3 Å².